The standard InChI is InChI=1S/C13H17F3N2/c1-18(10-3-2-4-10)11-6-5-9(8-17)12(7-11)13(14,15)16/h5-7,10H,2-4,8,17H2,1H3. The molecule has 0 unspecified atom stereocenters. The van der Waals surface area contributed by atoms with E-state index in [0.717, 1.165) is 19.3 Å². The SMILES string of the molecule is CN(c1ccc(CN)c(C(F)(F)F)c1)C1CCC1. The van der Waals surface area contributed by atoms with Gasteiger partial charge < -0.3 is 10.6 Å². The predicted octanol–water partition coefficient (Wildman–Crippen LogP) is 3.15. The van der Waals surface area contributed by atoms with Crippen molar-refractivity contribution in [2.75, 3.05) is 11.9 Å². The lowest BCUT2D eigenvalue weighted by Gasteiger charge is -2.36. The summed E-state index contributed by atoms with van der Waals surface area (Å²) in [6.45, 7) is -0.0950. The Labute approximate surface area is 105 Å². The summed E-state index contributed by atoms with van der Waals surface area (Å²) < 4.78 is 38.7. The molecule has 2 nitrogen and oxygen atoms in total. The van der Waals surface area contributed by atoms with Crippen molar-refractivity contribution in [3.05, 3.63) is 29.3 Å². The number of hydrogen-bond acceptors (Lipinski definition) is 2. The molecule has 18 heavy (non-hydrogen) atoms. The van der Waals surface area contributed by atoms with Crippen LogP contribution in [0.5, 0.6) is 0 Å². The van der Waals surface area contributed by atoms with Gasteiger partial charge in [0.2, 0.25) is 0 Å². The van der Waals surface area contributed by atoms with E-state index in [-0.39, 0.29) is 12.1 Å². The summed E-state index contributed by atoms with van der Waals surface area (Å²) in [4.78, 5) is 1.93. The quantitative estimate of drug-likeness (QED) is 0.902. The van der Waals surface area contributed by atoms with E-state index in [1.54, 1.807) is 6.07 Å². The molecule has 1 fully saturated rings. The largest absolute Gasteiger partial charge is 0.416 e. The molecule has 0 spiro atoms. The molecule has 5 heteroatoms. The van der Waals surface area contributed by atoms with Crippen molar-refractivity contribution >= 4 is 5.69 Å². The normalized spacial score (nSPS) is 16.5. The van der Waals surface area contributed by atoms with Crippen LogP contribution in [0.4, 0.5) is 18.9 Å². The van der Waals surface area contributed by atoms with Crippen LogP contribution in [-0.4, -0.2) is 13.1 Å². The summed E-state index contributed by atoms with van der Waals surface area (Å²) in [5.74, 6) is 0. The molecule has 0 aliphatic heterocycles. The van der Waals surface area contributed by atoms with Crippen LogP contribution in [0.2, 0.25) is 0 Å². The van der Waals surface area contributed by atoms with Crippen molar-refractivity contribution in [3.63, 3.8) is 0 Å². The number of rotatable bonds is 3. The minimum atomic E-state index is -4.34. The van der Waals surface area contributed by atoms with Gasteiger partial charge in [-0.15, -0.1) is 0 Å². The molecule has 2 rings (SSSR count). The number of hydrogen-bond donors (Lipinski definition) is 1. The second kappa shape index (κ2) is 4.80. The summed E-state index contributed by atoms with van der Waals surface area (Å²) >= 11 is 0. The van der Waals surface area contributed by atoms with Gasteiger partial charge in [-0.3, -0.25) is 0 Å². The van der Waals surface area contributed by atoms with Crippen molar-refractivity contribution in [2.45, 2.75) is 38.0 Å². The van der Waals surface area contributed by atoms with Crippen molar-refractivity contribution < 1.29 is 13.2 Å². The highest BCUT2D eigenvalue weighted by Gasteiger charge is 2.34. The summed E-state index contributed by atoms with van der Waals surface area (Å²) in [6, 6.07) is 4.78. The first-order chi connectivity index (χ1) is 8.43. The number of nitrogens with zero attached hydrogens (tertiary/aromatic N) is 1. The van der Waals surface area contributed by atoms with Gasteiger partial charge in [0.05, 0.1) is 5.56 Å². The van der Waals surface area contributed by atoms with E-state index in [2.05, 4.69) is 0 Å². The Bertz CT molecular complexity index is 425. The van der Waals surface area contributed by atoms with Crippen LogP contribution in [0.3, 0.4) is 0 Å². The fourth-order valence-electron chi connectivity index (χ4n) is 2.21. The third-order valence-electron chi connectivity index (χ3n) is 3.65. The Kier molecular flexibility index (Phi) is 3.52. The van der Waals surface area contributed by atoms with Crippen LogP contribution in [-0.2, 0) is 12.7 Å². The molecule has 0 aromatic heterocycles. The molecule has 0 heterocycles. The smallest absolute Gasteiger partial charge is 0.372 e. The fourth-order valence-corrected chi connectivity index (χ4v) is 2.21. The van der Waals surface area contributed by atoms with E-state index in [9.17, 15) is 13.2 Å². The highest BCUT2D eigenvalue weighted by atomic mass is 19.4. The first-order valence-electron chi connectivity index (χ1n) is 6.06. The van der Waals surface area contributed by atoms with Gasteiger partial charge in [0.25, 0.3) is 0 Å². The topological polar surface area (TPSA) is 29.3 Å². The lowest BCUT2D eigenvalue weighted by Crippen LogP contribution is -2.37. The Hall–Kier alpha value is -1.23. The molecule has 0 radical (unpaired) electrons. The monoisotopic (exact) mass is 258 g/mol. The number of nitrogens with two attached hydrogens (primary N) is 1. The number of alkyl halides is 3. The zero-order valence-electron chi connectivity index (χ0n) is 10.3. The molecule has 0 amide bonds. The van der Waals surface area contributed by atoms with Gasteiger partial charge in [0, 0.05) is 25.3 Å². The summed E-state index contributed by atoms with van der Waals surface area (Å²) in [7, 11) is 1.85. The molecule has 1 aliphatic rings. The van der Waals surface area contributed by atoms with E-state index in [4.69, 9.17) is 5.73 Å². The van der Waals surface area contributed by atoms with Gasteiger partial charge in [-0.25, -0.2) is 0 Å². The maximum atomic E-state index is 12.9. The number of benzene rings is 1. The number of anilines is 1. The maximum Gasteiger partial charge on any atom is 0.416 e. The highest BCUT2D eigenvalue weighted by molar-refractivity contribution is 5.52. The number of halogens is 3. The molecule has 2 N–H and O–H groups in total. The maximum absolute atomic E-state index is 12.9. The van der Waals surface area contributed by atoms with Gasteiger partial charge in [0.1, 0.15) is 0 Å². The fraction of sp³-hybridized carbons (Fsp3) is 0.538. The Balaban J connectivity index is 2.33. The molecular weight excluding hydrogens is 241 g/mol. The lowest BCUT2D eigenvalue weighted by atomic mass is 9.91. The zero-order valence-corrected chi connectivity index (χ0v) is 10.3. The second-order valence-electron chi connectivity index (χ2n) is 4.74. The first-order valence-corrected chi connectivity index (χ1v) is 6.06. The van der Waals surface area contributed by atoms with Crippen molar-refractivity contribution in [3.8, 4) is 0 Å². The average Bonchev–Trinajstić information content (AvgIpc) is 2.24. The van der Waals surface area contributed by atoms with Crippen molar-refractivity contribution in [2.24, 2.45) is 5.73 Å². The van der Waals surface area contributed by atoms with Crippen LogP contribution >= 0.6 is 0 Å². The van der Waals surface area contributed by atoms with Crippen LogP contribution in [0.1, 0.15) is 30.4 Å². The Morgan fingerprint density at radius 1 is 1.33 bits per heavy atom. The van der Waals surface area contributed by atoms with Crippen molar-refractivity contribution in [1.29, 1.82) is 0 Å². The van der Waals surface area contributed by atoms with Gasteiger partial charge in [-0.05, 0) is 37.0 Å². The van der Waals surface area contributed by atoms with Crippen LogP contribution in [0.25, 0.3) is 0 Å². The summed E-state index contributed by atoms with van der Waals surface area (Å²) in [5, 5.41) is 0. The third-order valence-corrected chi connectivity index (χ3v) is 3.65. The van der Waals surface area contributed by atoms with Gasteiger partial charge in [-0.1, -0.05) is 6.07 Å². The zero-order chi connectivity index (χ0) is 13.3. The van der Waals surface area contributed by atoms with Gasteiger partial charge in [-0.2, -0.15) is 13.2 Å². The van der Waals surface area contributed by atoms with Crippen LogP contribution in [0.15, 0.2) is 18.2 Å². The van der Waals surface area contributed by atoms with Crippen molar-refractivity contribution in [1.82, 2.24) is 0 Å². The molecule has 0 bridgehead atoms. The summed E-state index contributed by atoms with van der Waals surface area (Å²) in [6.07, 6.45) is -1.08. The summed E-state index contributed by atoms with van der Waals surface area (Å²) in [5.41, 5.74) is 5.50. The van der Waals surface area contributed by atoms with E-state index in [1.165, 1.54) is 12.1 Å². The molecule has 0 atom stereocenters. The molecular formula is C13H17F3N2. The average molecular weight is 258 g/mol. The minimum Gasteiger partial charge on any atom is -0.372 e. The van der Waals surface area contributed by atoms with Crippen LogP contribution < -0.4 is 10.6 Å². The van der Waals surface area contributed by atoms with Gasteiger partial charge >= 0.3 is 6.18 Å². The Morgan fingerprint density at radius 3 is 2.44 bits per heavy atom. The minimum absolute atomic E-state index is 0.0950. The molecule has 1 aliphatic carbocycles. The van der Waals surface area contributed by atoms with E-state index in [0.29, 0.717) is 11.7 Å². The molecule has 1 saturated carbocycles. The van der Waals surface area contributed by atoms with E-state index < -0.39 is 11.7 Å². The van der Waals surface area contributed by atoms with Crippen LogP contribution in [0, 0.1) is 0 Å². The molecule has 100 valence electrons. The predicted molar refractivity (Wildman–Crippen MR) is 65.4 cm³/mol. The second-order valence-corrected chi connectivity index (χ2v) is 4.74. The molecule has 1 aromatic rings. The van der Waals surface area contributed by atoms with E-state index in [1.807, 2.05) is 11.9 Å². The third kappa shape index (κ3) is 2.46. The first kappa shape index (κ1) is 13.2. The Morgan fingerprint density at radius 2 is 2.00 bits per heavy atom. The van der Waals surface area contributed by atoms with E-state index >= 15 is 0 Å². The highest BCUT2D eigenvalue weighted by Crippen LogP contribution is 2.36. The molecule has 0 saturated heterocycles. The van der Waals surface area contributed by atoms with Gasteiger partial charge in [0.15, 0.2) is 0 Å². The molecule has 1 aromatic carbocycles. The lowest BCUT2D eigenvalue weighted by molar-refractivity contribution is -0.138.